The fraction of sp³-hybridized carbons (Fsp3) is 0.273. The minimum absolute atomic E-state index is 0.0774. The number of carbonyl (C=O) groups excluding carboxylic acids is 2. The second-order valence-electron chi connectivity index (χ2n) is 3.59. The van der Waals surface area contributed by atoms with Crippen molar-refractivity contribution in [3.8, 4) is 0 Å². The van der Waals surface area contributed by atoms with Gasteiger partial charge in [-0.2, -0.15) is 0 Å². The summed E-state index contributed by atoms with van der Waals surface area (Å²) in [5.41, 5.74) is 0.0774. The van der Waals surface area contributed by atoms with E-state index in [4.69, 9.17) is 0 Å². The monoisotopic (exact) mass is 257 g/mol. The normalized spacial score (nSPS) is 15.4. The predicted molar refractivity (Wildman–Crippen MR) is 60.1 cm³/mol. The van der Waals surface area contributed by atoms with Crippen LogP contribution in [-0.4, -0.2) is 34.8 Å². The summed E-state index contributed by atoms with van der Waals surface area (Å²) in [6.45, 7) is 0.426. The van der Waals surface area contributed by atoms with Gasteiger partial charge in [0.2, 0.25) is 0 Å². The van der Waals surface area contributed by atoms with Gasteiger partial charge in [-0.25, -0.2) is 8.78 Å². The van der Waals surface area contributed by atoms with Gasteiger partial charge in [-0.3, -0.25) is 9.59 Å². The number of ketones is 1. The van der Waals surface area contributed by atoms with Crippen LogP contribution >= 0.6 is 11.8 Å². The summed E-state index contributed by atoms with van der Waals surface area (Å²) in [5.74, 6) is -1.78. The lowest BCUT2D eigenvalue weighted by atomic mass is 10.1. The van der Waals surface area contributed by atoms with Crippen molar-refractivity contribution >= 4 is 22.8 Å². The quantitative estimate of drug-likeness (QED) is 0.780. The van der Waals surface area contributed by atoms with Crippen LogP contribution in [0.3, 0.4) is 0 Å². The summed E-state index contributed by atoms with van der Waals surface area (Å²) in [6.07, 6.45) is 0. The summed E-state index contributed by atoms with van der Waals surface area (Å²) in [4.78, 5) is 24.4. The third-order valence-corrected chi connectivity index (χ3v) is 3.31. The second kappa shape index (κ2) is 4.83. The van der Waals surface area contributed by atoms with Crippen molar-refractivity contribution in [2.24, 2.45) is 0 Å². The highest BCUT2D eigenvalue weighted by Gasteiger charge is 2.23. The Bertz CT molecular complexity index is 479. The van der Waals surface area contributed by atoms with Crippen molar-refractivity contribution in [1.82, 2.24) is 4.90 Å². The number of halogens is 2. The lowest BCUT2D eigenvalue weighted by molar-refractivity contribution is 0.0955. The van der Waals surface area contributed by atoms with E-state index in [1.807, 2.05) is 0 Å². The molecule has 1 aromatic carbocycles. The number of hydrogen-bond acceptors (Lipinski definition) is 3. The van der Waals surface area contributed by atoms with Crippen molar-refractivity contribution in [3.63, 3.8) is 0 Å². The highest BCUT2D eigenvalue weighted by molar-refractivity contribution is 8.13. The molecule has 17 heavy (non-hydrogen) atoms. The topological polar surface area (TPSA) is 37.4 Å². The first kappa shape index (κ1) is 12.0. The molecule has 1 aromatic rings. The Morgan fingerprint density at radius 2 is 2.12 bits per heavy atom. The zero-order chi connectivity index (χ0) is 12.4. The summed E-state index contributed by atoms with van der Waals surface area (Å²) < 4.78 is 25.6. The smallest absolute Gasteiger partial charge is 0.282 e. The molecule has 6 heteroatoms. The van der Waals surface area contributed by atoms with E-state index in [9.17, 15) is 18.4 Å². The number of hydrogen-bond donors (Lipinski definition) is 0. The summed E-state index contributed by atoms with van der Waals surface area (Å²) >= 11 is 1.15. The van der Waals surface area contributed by atoms with E-state index < -0.39 is 11.6 Å². The van der Waals surface area contributed by atoms with Crippen molar-refractivity contribution in [2.75, 3.05) is 18.8 Å². The minimum atomic E-state index is -1.06. The van der Waals surface area contributed by atoms with E-state index in [1.54, 1.807) is 0 Å². The van der Waals surface area contributed by atoms with E-state index in [0.717, 1.165) is 23.9 Å². The van der Waals surface area contributed by atoms with E-state index >= 15 is 0 Å². The molecule has 0 saturated carbocycles. The minimum Gasteiger partial charge on any atom is -0.325 e. The van der Waals surface area contributed by atoms with Crippen LogP contribution in [0, 0.1) is 11.6 Å². The lowest BCUT2D eigenvalue weighted by Gasteiger charge is -2.13. The molecule has 2 rings (SSSR count). The average molecular weight is 257 g/mol. The molecule has 0 aromatic heterocycles. The van der Waals surface area contributed by atoms with E-state index in [0.29, 0.717) is 12.3 Å². The molecule has 0 N–H and O–H groups in total. The van der Waals surface area contributed by atoms with Crippen LogP contribution in [0.2, 0.25) is 0 Å². The first-order valence-corrected chi connectivity index (χ1v) is 5.96. The first-order chi connectivity index (χ1) is 8.08. The number of thioether (sulfide) groups is 1. The molecule has 0 atom stereocenters. The number of carbonyl (C=O) groups is 2. The molecule has 3 nitrogen and oxygen atoms in total. The molecule has 90 valence electrons. The molecule has 0 radical (unpaired) electrons. The number of rotatable bonds is 3. The Hall–Kier alpha value is -1.43. The van der Waals surface area contributed by atoms with Gasteiger partial charge in [-0.05, 0) is 18.2 Å². The van der Waals surface area contributed by atoms with Crippen LogP contribution in [0.5, 0.6) is 0 Å². The van der Waals surface area contributed by atoms with Crippen molar-refractivity contribution < 1.29 is 18.4 Å². The Morgan fingerprint density at radius 3 is 2.71 bits per heavy atom. The maximum atomic E-state index is 12.9. The summed E-state index contributed by atoms with van der Waals surface area (Å²) in [7, 11) is 0. The summed E-state index contributed by atoms with van der Waals surface area (Å²) in [5, 5.41) is -0.152. The molecule has 1 aliphatic rings. The van der Waals surface area contributed by atoms with Gasteiger partial charge in [0.05, 0.1) is 6.54 Å². The fourth-order valence-corrected chi connectivity index (χ4v) is 2.33. The van der Waals surface area contributed by atoms with Crippen molar-refractivity contribution in [1.29, 1.82) is 0 Å². The third kappa shape index (κ3) is 2.63. The zero-order valence-electron chi connectivity index (χ0n) is 8.78. The maximum Gasteiger partial charge on any atom is 0.282 e. The molecule has 1 heterocycles. The Labute approximate surface area is 101 Å². The molecular weight excluding hydrogens is 248 g/mol. The van der Waals surface area contributed by atoms with Gasteiger partial charge < -0.3 is 4.90 Å². The first-order valence-electron chi connectivity index (χ1n) is 4.98. The van der Waals surface area contributed by atoms with E-state index in [-0.39, 0.29) is 23.1 Å². The van der Waals surface area contributed by atoms with E-state index in [2.05, 4.69) is 0 Å². The average Bonchev–Trinajstić information content (AvgIpc) is 2.68. The highest BCUT2D eigenvalue weighted by Crippen LogP contribution is 2.18. The van der Waals surface area contributed by atoms with Gasteiger partial charge in [0, 0.05) is 17.9 Å². The van der Waals surface area contributed by atoms with Crippen LogP contribution in [0.25, 0.3) is 0 Å². The van der Waals surface area contributed by atoms with Crippen LogP contribution in [0.15, 0.2) is 18.2 Å². The van der Waals surface area contributed by atoms with Gasteiger partial charge in [-0.1, -0.05) is 11.8 Å². The van der Waals surface area contributed by atoms with Crippen LogP contribution < -0.4 is 0 Å². The Morgan fingerprint density at radius 1 is 1.35 bits per heavy atom. The number of Topliss-reactive ketones (excluding diaryl/α,β-unsaturated/α-hetero) is 1. The molecule has 1 amide bonds. The molecule has 1 saturated heterocycles. The standard InChI is InChI=1S/C11H9F2NO2S/c12-8-2-1-7(5-9(8)13)10(15)6-14-3-4-17-11(14)16/h1-2,5H,3-4,6H2. The van der Waals surface area contributed by atoms with Gasteiger partial charge in [0.25, 0.3) is 5.24 Å². The molecule has 1 fully saturated rings. The highest BCUT2D eigenvalue weighted by atomic mass is 32.2. The van der Waals surface area contributed by atoms with Gasteiger partial charge >= 0.3 is 0 Å². The van der Waals surface area contributed by atoms with E-state index in [1.165, 1.54) is 11.0 Å². The second-order valence-corrected chi connectivity index (χ2v) is 4.63. The van der Waals surface area contributed by atoms with Crippen LogP contribution in [0.1, 0.15) is 10.4 Å². The van der Waals surface area contributed by atoms with Crippen molar-refractivity contribution in [2.45, 2.75) is 0 Å². The predicted octanol–water partition coefficient (Wildman–Crippen LogP) is 2.32. The van der Waals surface area contributed by atoms with Gasteiger partial charge in [0.15, 0.2) is 17.4 Å². The largest absolute Gasteiger partial charge is 0.325 e. The molecule has 0 bridgehead atoms. The fourth-order valence-electron chi connectivity index (χ4n) is 1.50. The van der Waals surface area contributed by atoms with Gasteiger partial charge in [0.1, 0.15) is 0 Å². The van der Waals surface area contributed by atoms with Crippen LogP contribution in [0.4, 0.5) is 13.6 Å². The van der Waals surface area contributed by atoms with Crippen molar-refractivity contribution in [3.05, 3.63) is 35.4 Å². The molecular formula is C11H9F2NO2S. The van der Waals surface area contributed by atoms with Crippen LogP contribution in [-0.2, 0) is 0 Å². The summed E-state index contributed by atoms with van der Waals surface area (Å²) in [6, 6.07) is 2.98. The molecule has 0 spiro atoms. The number of nitrogens with zero attached hydrogens (tertiary/aromatic N) is 1. The maximum absolute atomic E-state index is 12.9. The SMILES string of the molecule is O=C(CN1CCSC1=O)c1ccc(F)c(F)c1. The molecule has 1 aliphatic heterocycles. The van der Waals surface area contributed by atoms with Gasteiger partial charge in [-0.15, -0.1) is 0 Å². The molecule has 0 unspecified atom stereocenters. The Balaban J connectivity index is 2.09. The Kier molecular flexibility index (Phi) is 3.42. The lowest BCUT2D eigenvalue weighted by Crippen LogP contribution is -2.29. The zero-order valence-corrected chi connectivity index (χ0v) is 9.60. The third-order valence-electron chi connectivity index (χ3n) is 2.42. The molecule has 0 aliphatic carbocycles. The number of amides is 1. The number of benzene rings is 1.